The number of aromatic nitrogens is 3. The first-order chi connectivity index (χ1) is 17.7. The summed E-state index contributed by atoms with van der Waals surface area (Å²) in [5, 5.41) is 0. The zero-order valence-electron chi connectivity index (χ0n) is 21.3. The number of pyridine rings is 1. The van der Waals surface area contributed by atoms with Gasteiger partial charge in [-0.05, 0) is 78.8 Å². The molecule has 5 nitrogen and oxygen atoms in total. The smallest absolute Gasteiger partial charge is 0.433 e. The van der Waals surface area contributed by atoms with Crippen molar-refractivity contribution in [2.75, 3.05) is 14.2 Å². The molecule has 2 aromatic heterocycles. The topological polar surface area (TPSA) is 52.3 Å². The highest BCUT2D eigenvalue weighted by atomic mass is 19.4. The molecular formula is C29H29F3N4O. The fraction of sp³-hybridized carbons (Fsp3) is 0.276. The van der Waals surface area contributed by atoms with Gasteiger partial charge in [0.05, 0.1) is 30.5 Å². The summed E-state index contributed by atoms with van der Waals surface area (Å²) in [6.45, 7) is 4.10. The van der Waals surface area contributed by atoms with Gasteiger partial charge in [0.1, 0.15) is 11.4 Å². The van der Waals surface area contributed by atoms with Crippen LogP contribution in [0.5, 0.6) is 5.75 Å². The lowest BCUT2D eigenvalue weighted by molar-refractivity contribution is -0.141. The molecule has 0 saturated heterocycles. The zero-order chi connectivity index (χ0) is 26.6. The second-order valence-corrected chi connectivity index (χ2v) is 8.78. The molecule has 0 bridgehead atoms. The van der Waals surface area contributed by atoms with Crippen LogP contribution in [0.1, 0.15) is 47.8 Å². The van der Waals surface area contributed by atoms with E-state index in [9.17, 15) is 13.2 Å². The lowest BCUT2D eigenvalue weighted by atomic mass is 10.00. The molecule has 1 unspecified atom stereocenters. The summed E-state index contributed by atoms with van der Waals surface area (Å²) in [6, 6.07) is 14.8. The molecule has 0 N–H and O–H groups in total. The Morgan fingerprint density at radius 2 is 1.89 bits per heavy atom. The number of ether oxygens (including phenoxy) is 1. The number of hydrogen-bond donors (Lipinski definition) is 0. The Labute approximate surface area is 214 Å². The van der Waals surface area contributed by atoms with Crippen LogP contribution in [-0.4, -0.2) is 34.9 Å². The van der Waals surface area contributed by atoms with Crippen molar-refractivity contribution in [3.05, 3.63) is 95.1 Å². The fourth-order valence-corrected chi connectivity index (χ4v) is 4.38. The molecule has 0 aliphatic heterocycles. The Balaban J connectivity index is 1.53. The molecular weight excluding hydrogens is 477 g/mol. The molecule has 0 fully saturated rings. The predicted molar refractivity (Wildman–Crippen MR) is 141 cm³/mol. The standard InChI is InChI=1S/C29H29F3N4O/c1-5-21(17-33-3)24-11-12-26-25(14-24)35-18-36(26)19(2)23-10-9-22(27(15-23)37-4)8-6-20-7-13-28(34-16-20)29(30,31)32/h5,7,9-19H,6,8H2,1-4H3/b21-5+,33-17?. The number of benzene rings is 2. The molecule has 0 amide bonds. The van der Waals surface area contributed by atoms with Crippen molar-refractivity contribution in [1.29, 1.82) is 0 Å². The van der Waals surface area contributed by atoms with Crippen LogP contribution in [0.2, 0.25) is 0 Å². The van der Waals surface area contributed by atoms with E-state index in [1.165, 1.54) is 12.3 Å². The van der Waals surface area contributed by atoms with Gasteiger partial charge in [0, 0.05) is 19.5 Å². The largest absolute Gasteiger partial charge is 0.496 e. The zero-order valence-corrected chi connectivity index (χ0v) is 21.3. The van der Waals surface area contributed by atoms with Gasteiger partial charge in [-0.15, -0.1) is 0 Å². The normalized spacial score (nSPS) is 13.4. The molecule has 0 saturated carbocycles. The molecule has 37 heavy (non-hydrogen) atoms. The van der Waals surface area contributed by atoms with Crippen molar-refractivity contribution in [2.24, 2.45) is 4.99 Å². The van der Waals surface area contributed by atoms with E-state index in [0.717, 1.165) is 50.7 Å². The summed E-state index contributed by atoms with van der Waals surface area (Å²) in [4.78, 5) is 12.3. The van der Waals surface area contributed by atoms with E-state index < -0.39 is 11.9 Å². The number of rotatable bonds is 8. The number of methoxy groups -OCH3 is 1. The van der Waals surface area contributed by atoms with E-state index in [4.69, 9.17) is 4.74 Å². The average Bonchev–Trinajstić information content (AvgIpc) is 3.33. The van der Waals surface area contributed by atoms with Crippen molar-refractivity contribution < 1.29 is 17.9 Å². The second kappa shape index (κ2) is 11.0. The summed E-state index contributed by atoms with van der Waals surface area (Å²) < 4.78 is 46.1. The van der Waals surface area contributed by atoms with E-state index in [1.807, 2.05) is 37.7 Å². The molecule has 8 heteroatoms. The van der Waals surface area contributed by atoms with Gasteiger partial charge >= 0.3 is 6.18 Å². The highest BCUT2D eigenvalue weighted by molar-refractivity contribution is 6.10. The van der Waals surface area contributed by atoms with Crippen LogP contribution in [0.25, 0.3) is 16.6 Å². The van der Waals surface area contributed by atoms with Gasteiger partial charge in [-0.25, -0.2) is 4.98 Å². The van der Waals surface area contributed by atoms with Gasteiger partial charge in [0.2, 0.25) is 0 Å². The van der Waals surface area contributed by atoms with Crippen LogP contribution in [0.4, 0.5) is 13.2 Å². The first kappa shape index (κ1) is 26.1. The highest BCUT2D eigenvalue weighted by Crippen LogP contribution is 2.31. The Morgan fingerprint density at radius 1 is 1.08 bits per heavy atom. The lowest BCUT2D eigenvalue weighted by Crippen LogP contribution is -2.08. The van der Waals surface area contributed by atoms with Crippen LogP contribution in [0.15, 0.2) is 72.1 Å². The number of nitrogens with zero attached hydrogens (tertiary/aromatic N) is 4. The van der Waals surface area contributed by atoms with Crippen molar-refractivity contribution >= 4 is 22.8 Å². The molecule has 192 valence electrons. The van der Waals surface area contributed by atoms with Crippen LogP contribution in [0.3, 0.4) is 0 Å². The van der Waals surface area contributed by atoms with Crippen molar-refractivity contribution in [3.63, 3.8) is 0 Å². The summed E-state index contributed by atoms with van der Waals surface area (Å²) in [5.74, 6) is 0.743. The number of alkyl halides is 3. The molecule has 4 rings (SSSR count). The number of imidazole rings is 1. The third-order valence-corrected chi connectivity index (χ3v) is 6.50. The molecule has 0 spiro atoms. The van der Waals surface area contributed by atoms with Crippen LogP contribution in [0, 0.1) is 0 Å². The van der Waals surface area contributed by atoms with Crippen LogP contribution < -0.4 is 4.74 Å². The lowest BCUT2D eigenvalue weighted by Gasteiger charge is -2.18. The third kappa shape index (κ3) is 5.74. The number of hydrogen-bond acceptors (Lipinski definition) is 4. The van der Waals surface area contributed by atoms with Crippen LogP contribution >= 0.6 is 0 Å². The van der Waals surface area contributed by atoms with E-state index in [0.29, 0.717) is 12.8 Å². The molecule has 4 aromatic rings. The van der Waals surface area contributed by atoms with Gasteiger partial charge in [-0.1, -0.05) is 30.3 Å². The summed E-state index contributed by atoms with van der Waals surface area (Å²) in [5.41, 5.74) is 5.94. The minimum absolute atomic E-state index is 0.0105. The Hall–Kier alpha value is -3.94. The van der Waals surface area contributed by atoms with E-state index in [2.05, 4.69) is 50.7 Å². The number of halogens is 3. The molecule has 0 radical (unpaired) electrons. The van der Waals surface area contributed by atoms with E-state index in [-0.39, 0.29) is 6.04 Å². The number of aryl methyl sites for hydroxylation is 2. The predicted octanol–water partition coefficient (Wildman–Crippen LogP) is 6.96. The Bertz CT molecular complexity index is 1440. The van der Waals surface area contributed by atoms with Crippen molar-refractivity contribution in [3.8, 4) is 5.75 Å². The van der Waals surface area contributed by atoms with Gasteiger partial charge in [-0.3, -0.25) is 9.98 Å². The summed E-state index contributed by atoms with van der Waals surface area (Å²) in [7, 11) is 3.38. The molecule has 2 heterocycles. The molecule has 0 aliphatic rings. The quantitative estimate of drug-likeness (QED) is 0.243. The van der Waals surface area contributed by atoms with E-state index in [1.54, 1.807) is 14.2 Å². The van der Waals surface area contributed by atoms with Gasteiger partial charge in [-0.2, -0.15) is 13.2 Å². The maximum absolute atomic E-state index is 12.8. The number of allylic oxidation sites excluding steroid dienone is 2. The number of fused-ring (bicyclic) bond motifs is 1. The number of aliphatic imine (C=N–C) groups is 1. The van der Waals surface area contributed by atoms with E-state index >= 15 is 0 Å². The highest BCUT2D eigenvalue weighted by Gasteiger charge is 2.32. The SMILES string of the molecule is C/C=C(\C=NC)c1ccc2c(c1)ncn2C(C)c1ccc(CCc2ccc(C(F)(F)F)nc2)c(OC)c1. The molecule has 1 atom stereocenters. The summed E-state index contributed by atoms with van der Waals surface area (Å²) in [6.07, 6.45) is 3.74. The maximum Gasteiger partial charge on any atom is 0.433 e. The minimum Gasteiger partial charge on any atom is -0.496 e. The Kier molecular flexibility index (Phi) is 7.76. The average molecular weight is 507 g/mol. The van der Waals surface area contributed by atoms with Crippen molar-refractivity contribution in [1.82, 2.24) is 14.5 Å². The maximum atomic E-state index is 12.8. The van der Waals surface area contributed by atoms with Gasteiger partial charge in [0.25, 0.3) is 0 Å². The fourth-order valence-electron chi connectivity index (χ4n) is 4.38. The molecule has 2 aromatic carbocycles. The van der Waals surface area contributed by atoms with Gasteiger partial charge in [0.15, 0.2) is 0 Å². The first-order valence-corrected chi connectivity index (χ1v) is 12.0. The monoisotopic (exact) mass is 506 g/mol. The molecule has 0 aliphatic carbocycles. The Morgan fingerprint density at radius 3 is 2.54 bits per heavy atom. The van der Waals surface area contributed by atoms with Gasteiger partial charge < -0.3 is 9.30 Å². The minimum atomic E-state index is -4.43. The third-order valence-electron chi connectivity index (χ3n) is 6.50. The summed E-state index contributed by atoms with van der Waals surface area (Å²) >= 11 is 0. The first-order valence-electron chi connectivity index (χ1n) is 12.0. The van der Waals surface area contributed by atoms with Crippen LogP contribution in [-0.2, 0) is 19.0 Å². The van der Waals surface area contributed by atoms with Crippen molar-refractivity contribution in [2.45, 2.75) is 38.9 Å². The second-order valence-electron chi connectivity index (χ2n) is 8.78.